The van der Waals surface area contributed by atoms with Crippen molar-refractivity contribution in [3.63, 3.8) is 0 Å². The Bertz CT molecular complexity index is 888. The highest BCUT2D eigenvalue weighted by molar-refractivity contribution is 8.03. The molecule has 0 radical (unpaired) electrons. The number of aryl methyl sites for hydroxylation is 1. The Balaban J connectivity index is 1.97. The topological polar surface area (TPSA) is 68.3 Å². The van der Waals surface area contributed by atoms with Crippen LogP contribution in [-0.2, 0) is 11.8 Å². The Kier molecular flexibility index (Phi) is 4.00. The normalized spacial score (nSPS) is 12.0. The molecule has 1 N–H and O–H groups in total. The van der Waals surface area contributed by atoms with Crippen LogP contribution in [0, 0.1) is 13.8 Å². The van der Waals surface area contributed by atoms with Crippen LogP contribution in [0.1, 0.15) is 17.0 Å². The van der Waals surface area contributed by atoms with Crippen molar-refractivity contribution in [1.29, 1.82) is 0 Å². The van der Waals surface area contributed by atoms with Crippen molar-refractivity contribution in [1.82, 2.24) is 9.55 Å². The zero-order valence-electron chi connectivity index (χ0n) is 13.0. The van der Waals surface area contributed by atoms with Gasteiger partial charge in [-0.05, 0) is 55.4 Å². The highest BCUT2D eigenvalue weighted by Crippen LogP contribution is 2.31. The number of carboxylic acids is 1. The predicted molar refractivity (Wildman–Crippen MR) is 90.4 cm³/mol. The van der Waals surface area contributed by atoms with Crippen LogP contribution in [0.3, 0.4) is 0 Å². The molecule has 0 saturated carbocycles. The summed E-state index contributed by atoms with van der Waals surface area (Å²) in [5, 5.41) is 9.80. The van der Waals surface area contributed by atoms with Crippen LogP contribution in [0.4, 0.5) is 0 Å². The number of oxazole rings is 1. The average molecular weight is 328 g/mol. The summed E-state index contributed by atoms with van der Waals surface area (Å²) in [4.78, 5) is 16.0. The maximum atomic E-state index is 11.6. The summed E-state index contributed by atoms with van der Waals surface area (Å²) in [7, 11) is 1.95. The van der Waals surface area contributed by atoms with Crippen molar-refractivity contribution >= 4 is 34.9 Å². The molecule has 0 saturated heterocycles. The molecular weight excluding hydrogens is 312 g/mol. The van der Waals surface area contributed by atoms with Crippen LogP contribution in [0.5, 0.6) is 0 Å². The van der Waals surface area contributed by atoms with Crippen molar-refractivity contribution in [3.8, 4) is 0 Å². The van der Waals surface area contributed by atoms with Gasteiger partial charge in [0.15, 0.2) is 5.58 Å². The van der Waals surface area contributed by atoms with E-state index in [9.17, 15) is 9.90 Å². The van der Waals surface area contributed by atoms with Crippen molar-refractivity contribution in [2.45, 2.75) is 19.1 Å². The van der Waals surface area contributed by atoms with Gasteiger partial charge in [-0.2, -0.15) is 0 Å². The van der Waals surface area contributed by atoms with Crippen LogP contribution in [0.15, 0.2) is 44.9 Å². The molecule has 0 aliphatic heterocycles. The molecule has 3 rings (SSSR count). The van der Waals surface area contributed by atoms with Gasteiger partial charge in [0.2, 0.25) is 0 Å². The van der Waals surface area contributed by atoms with Crippen LogP contribution in [0.25, 0.3) is 17.2 Å². The molecule has 2 aromatic heterocycles. The Morgan fingerprint density at radius 3 is 2.70 bits per heavy atom. The second-order valence-electron chi connectivity index (χ2n) is 5.25. The molecule has 0 fully saturated rings. The van der Waals surface area contributed by atoms with E-state index in [1.165, 1.54) is 0 Å². The maximum absolute atomic E-state index is 11.6. The van der Waals surface area contributed by atoms with E-state index in [0.717, 1.165) is 28.7 Å². The van der Waals surface area contributed by atoms with E-state index in [-0.39, 0.29) is 4.91 Å². The smallest absolute Gasteiger partial charge is 0.342 e. The van der Waals surface area contributed by atoms with Gasteiger partial charge in [0.25, 0.3) is 5.22 Å². The fourth-order valence-electron chi connectivity index (χ4n) is 2.30. The Morgan fingerprint density at radius 2 is 2.09 bits per heavy atom. The van der Waals surface area contributed by atoms with Crippen molar-refractivity contribution in [3.05, 3.63) is 52.2 Å². The molecule has 118 valence electrons. The van der Waals surface area contributed by atoms with Gasteiger partial charge in [-0.3, -0.25) is 0 Å². The van der Waals surface area contributed by atoms with Crippen molar-refractivity contribution in [2.75, 3.05) is 0 Å². The quantitative estimate of drug-likeness (QED) is 0.579. The maximum Gasteiger partial charge on any atom is 0.342 e. The zero-order chi connectivity index (χ0) is 16.6. The first kappa shape index (κ1) is 15.4. The number of hydrogen-bond donors (Lipinski definition) is 1. The number of fused-ring (bicyclic) bond motifs is 1. The van der Waals surface area contributed by atoms with Gasteiger partial charge in [-0.15, -0.1) is 0 Å². The molecule has 3 aromatic rings. The standard InChI is InChI=1S/C17H16N2O3S/c1-10-8-12(11(2)19(10)3)9-15(16(20)21)23-17-18-13-6-4-5-7-14(13)22-17/h4-9H,1-3H3,(H,20,21)/b15-9-. The van der Waals surface area contributed by atoms with Crippen LogP contribution in [-0.4, -0.2) is 20.6 Å². The Morgan fingerprint density at radius 1 is 1.35 bits per heavy atom. The SMILES string of the molecule is Cc1cc(/C=C(\Sc2nc3ccccc3o2)C(=O)O)c(C)n1C. The largest absolute Gasteiger partial charge is 0.477 e. The molecule has 23 heavy (non-hydrogen) atoms. The number of para-hydroxylation sites is 2. The summed E-state index contributed by atoms with van der Waals surface area (Å²) >= 11 is 1.02. The Hall–Kier alpha value is -2.47. The van der Waals surface area contributed by atoms with Crippen LogP contribution < -0.4 is 0 Å². The van der Waals surface area contributed by atoms with Gasteiger partial charge in [0, 0.05) is 18.4 Å². The summed E-state index contributed by atoms with van der Waals surface area (Å²) in [5.74, 6) is -1.00. The molecule has 0 aliphatic carbocycles. The molecule has 0 bridgehead atoms. The molecule has 0 atom stereocenters. The van der Waals surface area contributed by atoms with E-state index < -0.39 is 5.97 Å². The zero-order valence-corrected chi connectivity index (χ0v) is 13.8. The number of carbonyl (C=O) groups is 1. The lowest BCUT2D eigenvalue weighted by Gasteiger charge is -2.01. The minimum absolute atomic E-state index is 0.172. The lowest BCUT2D eigenvalue weighted by molar-refractivity contribution is -0.131. The summed E-state index contributed by atoms with van der Waals surface area (Å²) < 4.78 is 7.61. The van der Waals surface area contributed by atoms with E-state index in [4.69, 9.17) is 4.42 Å². The van der Waals surface area contributed by atoms with E-state index in [2.05, 4.69) is 4.98 Å². The van der Waals surface area contributed by atoms with Gasteiger partial charge in [-0.25, -0.2) is 9.78 Å². The minimum atomic E-state index is -1.00. The number of rotatable bonds is 4. The van der Waals surface area contributed by atoms with Crippen LogP contribution >= 0.6 is 11.8 Å². The third kappa shape index (κ3) is 3.03. The molecule has 0 amide bonds. The molecule has 0 aliphatic rings. The molecular formula is C17H16N2O3S. The Labute approximate surface area is 137 Å². The number of nitrogens with zero attached hydrogens (tertiary/aromatic N) is 2. The second-order valence-corrected chi connectivity index (χ2v) is 6.24. The summed E-state index contributed by atoms with van der Waals surface area (Å²) in [6.07, 6.45) is 1.66. The fourth-order valence-corrected chi connectivity index (χ4v) is 3.03. The van der Waals surface area contributed by atoms with E-state index in [0.29, 0.717) is 16.3 Å². The van der Waals surface area contributed by atoms with E-state index in [1.807, 2.05) is 49.7 Å². The first-order valence-electron chi connectivity index (χ1n) is 7.07. The van der Waals surface area contributed by atoms with E-state index in [1.54, 1.807) is 12.1 Å². The number of aliphatic carboxylic acids is 1. The fraction of sp³-hybridized carbons (Fsp3) is 0.176. The van der Waals surface area contributed by atoms with Gasteiger partial charge < -0.3 is 14.1 Å². The third-order valence-corrected chi connectivity index (χ3v) is 4.64. The predicted octanol–water partition coefficient (Wildman–Crippen LogP) is 4.00. The lowest BCUT2D eigenvalue weighted by atomic mass is 10.2. The number of hydrogen-bond acceptors (Lipinski definition) is 4. The van der Waals surface area contributed by atoms with E-state index >= 15 is 0 Å². The third-order valence-electron chi connectivity index (χ3n) is 3.78. The van der Waals surface area contributed by atoms with Gasteiger partial charge in [0.1, 0.15) is 10.4 Å². The molecule has 0 unspecified atom stereocenters. The monoisotopic (exact) mass is 328 g/mol. The number of benzene rings is 1. The lowest BCUT2D eigenvalue weighted by Crippen LogP contribution is -1.97. The number of carboxylic acid groups (broad SMARTS) is 1. The highest BCUT2D eigenvalue weighted by atomic mass is 32.2. The van der Waals surface area contributed by atoms with Crippen molar-refractivity contribution < 1.29 is 14.3 Å². The molecule has 0 spiro atoms. The first-order valence-corrected chi connectivity index (χ1v) is 7.88. The summed E-state index contributed by atoms with van der Waals surface area (Å²) in [6.45, 7) is 3.95. The van der Waals surface area contributed by atoms with Gasteiger partial charge in [0.05, 0.1) is 0 Å². The molecule has 6 heteroatoms. The van der Waals surface area contributed by atoms with Gasteiger partial charge in [-0.1, -0.05) is 12.1 Å². The number of thioether (sulfide) groups is 1. The second kappa shape index (κ2) is 5.96. The molecule has 1 aromatic carbocycles. The molecule has 2 heterocycles. The summed E-state index contributed by atoms with van der Waals surface area (Å²) in [5.41, 5.74) is 4.33. The highest BCUT2D eigenvalue weighted by Gasteiger charge is 2.16. The average Bonchev–Trinajstić information content (AvgIpc) is 3.03. The summed E-state index contributed by atoms with van der Waals surface area (Å²) in [6, 6.07) is 9.32. The minimum Gasteiger partial charge on any atom is -0.477 e. The van der Waals surface area contributed by atoms with Gasteiger partial charge >= 0.3 is 5.97 Å². The van der Waals surface area contributed by atoms with Crippen LogP contribution in [0.2, 0.25) is 0 Å². The number of aromatic nitrogens is 2. The first-order chi connectivity index (χ1) is 11.0. The molecule has 5 nitrogen and oxygen atoms in total. The van der Waals surface area contributed by atoms with Crippen molar-refractivity contribution in [2.24, 2.45) is 7.05 Å².